The molecule has 94 valence electrons. The van der Waals surface area contributed by atoms with Gasteiger partial charge in [0.05, 0.1) is 13.2 Å². The monoisotopic (exact) mass is 233 g/mol. The average molecular weight is 233 g/mol. The van der Waals surface area contributed by atoms with Gasteiger partial charge in [0.1, 0.15) is 0 Å². The Morgan fingerprint density at radius 3 is 2.65 bits per heavy atom. The molecule has 1 atom stereocenters. The molecule has 1 N–H and O–H groups in total. The summed E-state index contributed by atoms with van der Waals surface area (Å²) in [5.74, 6) is 0. The van der Waals surface area contributed by atoms with E-state index in [0.29, 0.717) is 13.2 Å². The minimum absolute atomic E-state index is 0.00475. The molecule has 17 heavy (non-hydrogen) atoms. The Morgan fingerprint density at radius 2 is 2.06 bits per heavy atom. The Morgan fingerprint density at radius 1 is 1.35 bits per heavy atom. The summed E-state index contributed by atoms with van der Waals surface area (Å²) in [7, 11) is 0. The summed E-state index contributed by atoms with van der Waals surface area (Å²) < 4.78 is 5.76. The fourth-order valence-corrected chi connectivity index (χ4v) is 1.57. The van der Waals surface area contributed by atoms with Gasteiger partial charge >= 0.3 is 0 Å². The normalized spacial score (nSPS) is 14.2. The quantitative estimate of drug-likeness (QED) is 0.697. The maximum Gasteiger partial charge on any atom is 0.0717 e. The third kappa shape index (κ3) is 5.16. The van der Waals surface area contributed by atoms with Crippen LogP contribution in [0.3, 0.4) is 0 Å². The minimum Gasteiger partial charge on any atom is -0.376 e. The Bertz CT molecular complexity index is 323. The topological polar surface area (TPSA) is 21.3 Å². The molecule has 0 aliphatic carbocycles. The molecule has 0 radical (unpaired) electrons. The zero-order valence-electron chi connectivity index (χ0n) is 10.9. The van der Waals surface area contributed by atoms with Crippen LogP contribution in [0.25, 0.3) is 0 Å². The van der Waals surface area contributed by atoms with Crippen LogP contribution < -0.4 is 5.32 Å². The van der Waals surface area contributed by atoms with Gasteiger partial charge in [-0.1, -0.05) is 50.3 Å². The summed E-state index contributed by atoms with van der Waals surface area (Å²) in [6.45, 7) is 11.4. The first-order valence-electron chi connectivity index (χ1n) is 6.16. The molecule has 0 aliphatic rings. The van der Waals surface area contributed by atoms with E-state index in [4.69, 9.17) is 4.74 Å². The maximum atomic E-state index is 5.76. The Kier molecular flexibility index (Phi) is 5.95. The Balaban J connectivity index is 2.35. The van der Waals surface area contributed by atoms with Crippen molar-refractivity contribution >= 4 is 0 Å². The van der Waals surface area contributed by atoms with Gasteiger partial charge in [0, 0.05) is 12.0 Å². The molecule has 2 heteroatoms. The summed E-state index contributed by atoms with van der Waals surface area (Å²) in [5.41, 5.74) is 1.22. The lowest BCUT2D eigenvalue weighted by molar-refractivity contribution is 0.0645. The highest BCUT2D eigenvalue weighted by Crippen LogP contribution is 2.17. The molecule has 0 aromatic heterocycles. The van der Waals surface area contributed by atoms with Crippen LogP contribution in [0.4, 0.5) is 0 Å². The fraction of sp³-hybridized carbons (Fsp3) is 0.467. The van der Waals surface area contributed by atoms with Crippen LogP contribution >= 0.6 is 0 Å². The van der Waals surface area contributed by atoms with Crippen molar-refractivity contribution < 1.29 is 4.74 Å². The molecule has 1 aromatic carbocycles. The van der Waals surface area contributed by atoms with Crippen molar-refractivity contribution in [1.82, 2.24) is 5.32 Å². The molecular weight excluding hydrogens is 210 g/mol. The number of ether oxygens (including phenoxy) is 1. The molecule has 1 rings (SSSR count). The van der Waals surface area contributed by atoms with E-state index < -0.39 is 0 Å². The fourth-order valence-electron chi connectivity index (χ4n) is 1.57. The summed E-state index contributed by atoms with van der Waals surface area (Å²) in [6.07, 6.45) is 1.97. The maximum absolute atomic E-state index is 5.76. The summed E-state index contributed by atoms with van der Waals surface area (Å²) in [6, 6.07) is 10.2. The molecule has 1 aromatic rings. The number of rotatable bonds is 8. The average Bonchev–Trinajstić information content (AvgIpc) is 2.38. The van der Waals surface area contributed by atoms with Crippen LogP contribution in [0.1, 0.15) is 19.4 Å². The van der Waals surface area contributed by atoms with Gasteiger partial charge < -0.3 is 10.1 Å². The second kappa shape index (κ2) is 7.25. The van der Waals surface area contributed by atoms with Crippen LogP contribution in [-0.4, -0.2) is 19.7 Å². The third-order valence-corrected chi connectivity index (χ3v) is 2.81. The van der Waals surface area contributed by atoms with Crippen molar-refractivity contribution in [2.45, 2.75) is 20.5 Å². The molecule has 0 aliphatic heterocycles. The summed E-state index contributed by atoms with van der Waals surface area (Å²) in [5, 5.41) is 3.34. The first-order valence-corrected chi connectivity index (χ1v) is 6.16. The highest BCUT2D eigenvalue weighted by molar-refractivity contribution is 5.13. The van der Waals surface area contributed by atoms with Crippen LogP contribution in [0.5, 0.6) is 0 Å². The van der Waals surface area contributed by atoms with Crippen LogP contribution in [-0.2, 0) is 11.3 Å². The van der Waals surface area contributed by atoms with Crippen molar-refractivity contribution in [1.29, 1.82) is 0 Å². The van der Waals surface area contributed by atoms with Gasteiger partial charge in [-0.2, -0.15) is 0 Å². The molecule has 0 spiro atoms. The lowest BCUT2D eigenvalue weighted by Crippen LogP contribution is -2.33. The molecule has 1 unspecified atom stereocenters. The molecule has 0 amide bonds. The van der Waals surface area contributed by atoms with Crippen molar-refractivity contribution in [3.05, 3.63) is 48.6 Å². The first kappa shape index (κ1) is 13.9. The molecule has 0 bridgehead atoms. The van der Waals surface area contributed by atoms with Crippen LogP contribution in [0.15, 0.2) is 43.0 Å². The number of hydrogen-bond acceptors (Lipinski definition) is 2. The van der Waals surface area contributed by atoms with E-state index in [9.17, 15) is 0 Å². The first-order chi connectivity index (χ1) is 8.20. The Labute approximate surface area is 105 Å². The lowest BCUT2D eigenvalue weighted by atomic mass is 9.92. The van der Waals surface area contributed by atoms with Gasteiger partial charge in [-0.15, -0.1) is 6.58 Å². The minimum atomic E-state index is 0.00475. The number of nitrogens with one attached hydrogen (secondary N) is 1. The van der Waals surface area contributed by atoms with Gasteiger partial charge in [0.25, 0.3) is 0 Å². The lowest BCUT2D eigenvalue weighted by Gasteiger charge is -2.25. The van der Waals surface area contributed by atoms with Gasteiger partial charge in [-0.3, -0.25) is 0 Å². The SMILES string of the molecule is C=CC(C)(CNCC)COCc1ccccc1. The smallest absolute Gasteiger partial charge is 0.0717 e. The summed E-state index contributed by atoms with van der Waals surface area (Å²) >= 11 is 0. The molecule has 0 heterocycles. The van der Waals surface area contributed by atoms with E-state index in [-0.39, 0.29) is 5.41 Å². The standard InChI is InChI=1S/C15H23NO/c1-4-15(3,12-16-5-2)13-17-11-14-9-7-6-8-10-14/h4,6-10,16H,1,5,11-13H2,2-3H3. The van der Waals surface area contributed by atoms with Crippen molar-refractivity contribution in [3.8, 4) is 0 Å². The van der Waals surface area contributed by atoms with Gasteiger partial charge in [0.2, 0.25) is 0 Å². The van der Waals surface area contributed by atoms with Gasteiger partial charge in [-0.05, 0) is 12.1 Å². The predicted octanol–water partition coefficient (Wildman–Crippen LogP) is 3.01. The zero-order valence-corrected chi connectivity index (χ0v) is 10.9. The van der Waals surface area contributed by atoms with Crippen LogP contribution in [0, 0.1) is 5.41 Å². The van der Waals surface area contributed by atoms with E-state index >= 15 is 0 Å². The van der Waals surface area contributed by atoms with E-state index in [1.807, 2.05) is 24.3 Å². The number of benzene rings is 1. The zero-order chi connectivity index (χ0) is 12.6. The molecule has 2 nitrogen and oxygen atoms in total. The predicted molar refractivity (Wildman–Crippen MR) is 72.9 cm³/mol. The van der Waals surface area contributed by atoms with Crippen molar-refractivity contribution in [2.75, 3.05) is 19.7 Å². The summed E-state index contributed by atoms with van der Waals surface area (Å²) in [4.78, 5) is 0. The highest BCUT2D eigenvalue weighted by atomic mass is 16.5. The highest BCUT2D eigenvalue weighted by Gasteiger charge is 2.19. The second-order valence-corrected chi connectivity index (χ2v) is 4.62. The van der Waals surface area contributed by atoms with Crippen molar-refractivity contribution in [3.63, 3.8) is 0 Å². The number of hydrogen-bond donors (Lipinski definition) is 1. The molecule has 0 saturated carbocycles. The largest absolute Gasteiger partial charge is 0.376 e. The third-order valence-electron chi connectivity index (χ3n) is 2.81. The second-order valence-electron chi connectivity index (χ2n) is 4.62. The van der Waals surface area contributed by atoms with Crippen molar-refractivity contribution in [2.24, 2.45) is 5.41 Å². The van der Waals surface area contributed by atoms with E-state index in [0.717, 1.165) is 13.1 Å². The van der Waals surface area contributed by atoms with E-state index in [1.54, 1.807) is 0 Å². The Hall–Kier alpha value is -1.12. The van der Waals surface area contributed by atoms with Gasteiger partial charge in [-0.25, -0.2) is 0 Å². The van der Waals surface area contributed by atoms with E-state index in [2.05, 4.69) is 37.9 Å². The molecular formula is C15H23NO. The van der Waals surface area contributed by atoms with Crippen LogP contribution in [0.2, 0.25) is 0 Å². The molecule has 0 fully saturated rings. The molecule has 0 saturated heterocycles. The van der Waals surface area contributed by atoms with Gasteiger partial charge in [0.15, 0.2) is 0 Å². The van der Waals surface area contributed by atoms with E-state index in [1.165, 1.54) is 5.56 Å².